The monoisotopic (exact) mass is 587 g/mol. The Morgan fingerprint density at radius 3 is 2.67 bits per heavy atom. The van der Waals surface area contributed by atoms with Crippen LogP contribution in [0.5, 0.6) is 0 Å². The van der Waals surface area contributed by atoms with Crippen molar-refractivity contribution in [3.05, 3.63) is 47.2 Å². The smallest absolute Gasteiger partial charge is 0.337 e. The molecule has 6 rings (SSSR count). The van der Waals surface area contributed by atoms with Crippen molar-refractivity contribution >= 4 is 53.3 Å². The minimum atomic E-state index is -0.386. The van der Waals surface area contributed by atoms with E-state index in [0.717, 1.165) is 64.3 Å². The maximum Gasteiger partial charge on any atom is 0.337 e. The number of aromatic nitrogens is 5. The summed E-state index contributed by atoms with van der Waals surface area (Å²) in [6.07, 6.45) is 3.79. The molecule has 5 heterocycles. The second kappa shape index (κ2) is 11.9. The number of esters is 1. The number of carbonyl (C=O) groups is 1. The first-order chi connectivity index (χ1) is 19.0. The predicted molar refractivity (Wildman–Crippen MR) is 154 cm³/mol. The van der Waals surface area contributed by atoms with Crippen LogP contribution in [0.2, 0.25) is 5.02 Å². The number of hydrogen-bond acceptors (Lipinski definition) is 11. The molecule has 0 radical (unpaired) electrons. The van der Waals surface area contributed by atoms with Crippen molar-refractivity contribution in [2.75, 3.05) is 68.5 Å². The Balaban J connectivity index is 0.00000323. The van der Waals surface area contributed by atoms with Gasteiger partial charge in [0, 0.05) is 45.8 Å². The molecule has 3 aromatic heterocycles. The van der Waals surface area contributed by atoms with Gasteiger partial charge in [0.05, 0.1) is 29.6 Å². The summed E-state index contributed by atoms with van der Waals surface area (Å²) in [7, 11) is 1.37. The summed E-state index contributed by atoms with van der Waals surface area (Å²) >= 11 is 6.50. The van der Waals surface area contributed by atoms with Gasteiger partial charge in [0.1, 0.15) is 0 Å². The van der Waals surface area contributed by atoms with Crippen LogP contribution in [-0.4, -0.2) is 88.4 Å². The van der Waals surface area contributed by atoms with Gasteiger partial charge >= 0.3 is 5.97 Å². The van der Waals surface area contributed by atoms with Crippen LogP contribution in [0.1, 0.15) is 23.2 Å². The summed E-state index contributed by atoms with van der Waals surface area (Å²) in [5.41, 5.74) is 7.63. The van der Waals surface area contributed by atoms with Gasteiger partial charge in [-0.15, -0.1) is 17.5 Å². The zero-order valence-corrected chi connectivity index (χ0v) is 23.6. The number of ether oxygens (including phenoxy) is 1. The number of benzene rings is 1. The largest absolute Gasteiger partial charge is 0.465 e. The molecule has 2 fully saturated rings. The van der Waals surface area contributed by atoms with E-state index in [1.807, 2.05) is 6.07 Å². The fourth-order valence-corrected chi connectivity index (χ4v) is 5.69. The Bertz CT molecular complexity index is 1470. The SMILES string of the molecule is COC(=O)c1ccc(N2CCN(C[C@@H]3CCCN(c4nc(N)n5nc(-c6ccco6)nc5n4)C3)CC2)c(Cl)c1.Cl. The van der Waals surface area contributed by atoms with Gasteiger partial charge < -0.3 is 24.7 Å². The van der Waals surface area contributed by atoms with E-state index < -0.39 is 0 Å². The summed E-state index contributed by atoms with van der Waals surface area (Å²) in [6, 6.07) is 8.92. The molecule has 0 amide bonds. The van der Waals surface area contributed by atoms with Crippen molar-refractivity contribution in [2.24, 2.45) is 5.92 Å². The molecule has 0 unspecified atom stereocenters. The van der Waals surface area contributed by atoms with Gasteiger partial charge in [0.15, 0.2) is 5.76 Å². The molecule has 0 saturated carbocycles. The molecule has 14 heteroatoms. The summed E-state index contributed by atoms with van der Waals surface area (Å²) in [5, 5.41) is 4.95. The van der Waals surface area contributed by atoms with Crippen LogP contribution in [-0.2, 0) is 4.74 Å². The molecule has 0 aliphatic carbocycles. The highest BCUT2D eigenvalue weighted by Crippen LogP contribution is 2.29. The summed E-state index contributed by atoms with van der Waals surface area (Å²) in [6.45, 7) is 6.36. The molecule has 212 valence electrons. The van der Waals surface area contributed by atoms with Crippen molar-refractivity contribution in [3.63, 3.8) is 0 Å². The van der Waals surface area contributed by atoms with E-state index in [0.29, 0.717) is 39.8 Å². The van der Waals surface area contributed by atoms with E-state index in [1.54, 1.807) is 30.5 Å². The van der Waals surface area contributed by atoms with Crippen LogP contribution in [0, 0.1) is 5.92 Å². The molecule has 2 aliphatic heterocycles. The number of anilines is 3. The standard InChI is InChI=1S/C26H30ClN9O3.ClH/c1-38-23(37)18-6-7-20(19(27)14-18)34-11-9-33(10-12-34)15-17-4-2-8-35(16-17)25-30-24(28)36-26(31-25)29-22(32-36)21-5-3-13-39-21;/h3,5-7,13-14,17H,2,4,8-12,15-16H2,1H3,(H2,28,29,30,31,32);1H/t17-;/m0./s1. The first-order valence-electron chi connectivity index (χ1n) is 13.0. The fraction of sp³-hybridized carbons (Fsp3) is 0.423. The molecule has 4 aromatic rings. The highest BCUT2D eigenvalue weighted by Gasteiger charge is 2.27. The molecule has 40 heavy (non-hydrogen) atoms. The van der Waals surface area contributed by atoms with Crippen molar-refractivity contribution < 1.29 is 13.9 Å². The van der Waals surface area contributed by atoms with Crippen molar-refractivity contribution in [1.29, 1.82) is 0 Å². The molecule has 1 aromatic carbocycles. The number of furan rings is 1. The number of piperidine rings is 1. The summed E-state index contributed by atoms with van der Waals surface area (Å²) in [5.74, 6) is 2.32. The number of halogens is 2. The van der Waals surface area contributed by atoms with Crippen molar-refractivity contribution in [1.82, 2.24) is 29.5 Å². The van der Waals surface area contributed by atoms with E-state index in [9.17, 15) is 4.79 Å². The second-order valence-electron chi connectivity index (χ2n) is 9.91. The maximum atomic E-state index is 11.8. The Morgan fingerprint density at radius 1 is 1.12 bits per heavy atom. The first kappa shape index (κ1) is 27.9. The van der Waals surface area contributed by atoms with Crippen LogP contribution in [0.15, 0.2) is 41.0 Å². The zero-order chi connectivity index (χ0) is 26.9. The number of hydrogen-bond donors (Lipinski definition) is 1. The third-order valence-corrected chi connectivity index (χ3v) is 7.67. The van der Waals surface area contributed by atoms with Crippen molar-refractivity contribution in [3.8, 4) is 11.6 Å². The minimum absolute atomic E-state index is 0. The molecule has 0 spiro atoms. The number of piperazine rings is 1. The summed E-state index contributed by atoms with van der Waals surface area (Å²) in [4.78, 5) is 32.5. The van der Waals surface area contributed by atoms with Gasteiger partial charge in [-0.1, -0.05) is 11.6 Å². The Kier molecular flexibility index (Phi) is 8.29. The second-order valence-corrected chi connectivity index (χ2v) is 10.3. The number of fused-ring (bicyclic) bond motifs is 1. The van der Waals surface area contributed by atoms with Gasteiger partial charge in [-0.3, -0.25) is 4.90 Å². The lowest BCUT2D eigenvalue weighted by Crippen LogP contribution is -2.50. The van der Waals surface area contributed by atoms with Gasteiger partial charge in [-0.05, 0) is 49.1 Å². The molecule has 2 aliphatic rings. The number of rotatable bonds is 6. The van der Waals surface area contributed by atoms with Crippen LogP contribution >= 0.6 is 24.0 Å². The minimum Gasteiger partial charge on any atom is -0.465 e. The molecular weight excluding hydrogens is 557 g/mol. The molecule has 1 atom stereocenters. The number of nitrogens with two attached hydrogens (primary N) is 1. The molecule has 0 bridgehead atoms. The Morgan fingerprint density at radius 2 is 1.95 bits per heavy atom. The quantitative estimate of drug-likeness (QED) is 0.333. The average molecular weight is 589 g/mol. The Hall–Kier alpha value is -3.61. The highest BCUT2D eigenvalue weighted by molar-refractivity contribution is 6.33. The lowest BCUT2D eigenvalue weighted by atomic mass is 9.97. The van der Waals surface area contributed by atoms with Crippen LogP contribution in [0.3, 0.4) is 0 Å². The van der Waals surface area contributed by atoms with Gasteiger partial charge in [-0.2, -0.15) is 19.5 Å². The van der Waals surface area contributed by atoms with Gasteiger partial charge in [0.25, 0.3) is 5.78 Å². The third-order valence-electron chi connectivity index (χ3n) is 7.36. The normalized spacial score (nSPS) is 18.1. The number of nitrogens with zero attached hydrogens (tertiary/aromatic N) is 8. The van der Waals surface area contributed by atoms with Crippen LogP contribution < -0.4 is 15.5 Å². The molecular formula is C26H31Cl2N9O3. The highest BCUT2D eigenvalue weighted by atomic mass is 35.5. The van der Waals surface area contributed by atoms with Crippen LogP contribution in [0.25, 0.3) is 17.4 Å². The zero-order valence-electron chi connectivity index (χ0n) is 22.1. The number of nitrogen functional groups attached to an aromatic ring is 1. The van der Waals surface area contributed by atoms with Gasteiger partial charge in [0.2, 0.25) is 17.7 Å². The average Bonchev–Trinajstić information content (AvgIpc) is 3.64. The molecule has 2 saturated heterocycles. The molecule has 2 N–H and O–H groups in total. The maximum absolute atomic E-state index is 11.8. The van der Waals surface area contributed by atoms with E-state index in [4.69, 9.17) is 26.5 Å². The third kappa shape index (κ3) is 5.65. The van der Waals surface area contributed by atoms with E-state index >= 15 is 0 Å². The van der Waals surface area contributed by atoms with Gasteiger partial charge in [-0.25, -0.2) is 4.79 Å². The topological polar surface area (TPSA) is 131 Å². The van der Waals surface area contributed by atoms with E-state index in [1.165, 1.54) is 11.6 Å². The fourth-order valence-electron chi connectivity index (χ4n) is 5.39. The van der Waals surface area contributed by atoms with E-state index in [2.05, 4.69) is 34.8 Å². The Labute approximate surface area is 242 Å². The van der Waals surface area contributed by atoms with E-state index in [-0.39, 0.29) is 24.3 Å². The first-order valence-corrected chi connectivity index (χ1v) is 13.4. The lowest BCUT2D eigenvalue weighted by Gasteiger charge is -2.40. The number of methoxy groups -OCH3 is 1. The lowest BCUT2D eigenvalue weighted by molar-refractivity contribution is 0.0600. The predicted octanol–water partition coefficient (Wildman–Crippen LogP) is 3.26. The van der Waals surface area contributed by atoms with Crippen LogP contribution in [0.4, 0.5) is 17.6 Å². The van der Waals surface area contributed by atoms with Crippen molar-refractivity contribution in [2.45, 2.75) is 12.8 Å². The number of carbonyl (C=O) groups excluding carboxylic acids is 1. The summed E-state index contributed by atoms with van der Waals surface area (Å²) < 4.78 is 11.6. The molecule has 12 nitrogen and oxygen atoms in total.